The molecule has 2 aromatic rings. The standard InChI is InChI=1S/C12H13ClN2O/c1-8(2)15-11(7-12(16)14-15)9-5-3-4-6-10(9)13/h3-8H,1-2H3,(H,14,16). The highest BCUT2D eigenvalue weighted by molar-refractivity contribution is 6.33. The number of halogens is 1. The van der Waals surface area contributed by atoms with Crippen LogP contribution in [0.3, 0.4) is 0 Å². The second-order valence-corrected chi connectivity index (χ2v) is 4.36. The fraction of sp³-hybridized carbons (Fsp3) is 0.250. The van der Waals surface area contributed by atoms with E-state index < -0.39 is 0 Å². The molecule has 1 aromatic heterocycles. The van der Waals surface area contributed by atoms with Crippen molar-refractivity contribution in [2.24, 2.45) is 0 Å². The molecule has 0 saturated carbocycles. The smallest absolute Gasteiger partial charge is 0.264 e. The van der Waals surface area contributed by atoms with E-state index >= 15 is 0 Å². The van der Waals surface area contributed by atoms with Crippen molar-refractivity contribution >= 4 is 11.6 Å². The zero-order valence-electron chi connectivity index (χ0n) is 9.20. The minimum Gasteiger partial charge on any atom is -0.282 e. The third-order valence-electron chi connectivity index (χ3n) is 2.42. The van der Waals surface area contributed by atoms with Crippen LogP contribution in [0, 0.1) is 0 Å². The van der Waals surface area contributed by atoms with Crippen molar-refractivity contribution in [1.29, 1.82) is 0 Å². The summed E-state index contributed by atoms with van der Waals surface area (Å²) in [5.41, 5.74) is 1.59. The molecule has 16 heavy (non-hydrogen) atoms. The molecule has 0 bridgehead atoms. The number of benzene rings is 1. The molecule has 0 aliphatic rings. The van der Waals surface area contributed by atoms with Gasteiger partial charge in [-0.25, -0.2) is 0 Å². The first-order valence-electron chi connectivity index (χ1n) is 5.16. The number of hydrogen-bond acceptors (Lipinski definition) is 1. The molecular weight excluding hydrogens is 224 g/mol. The van der Waals surface area contributed by atoms with Crippen molar-refractivity contribution in [1.82, 2.24) is 9.78 Å². The summed E-state index contributed by atoms with van der Waals surface area (Å²) in [6.07, 6.45) is 0. The van der Waals surface area contributed by atoms with E-state index in [1.54, 1.807) is 6.07 Å². The molecule has 0 aliphatic carbocycles. The lowest BCUT2D eigenvalue weighted by molar-refractivity contribution is 0.534. The monoisotopic (exact) mass is 236 g/mol. The molecule has 84 valence electrons. The lowest BCUT2D eigenvalue weighted by atomic mass is 10.1. The summed E-state index contributed by atoms with van der Waals surface area (Å²) in [6.45, 7) is 4.02. The Morgan fingerprint density at radius 1 is 1.31 bits per heavy atom. The topological polar surface area (TPSA) is 37.8 Å². The summed E-state index contributed by atoms with van der Waals surface area (Å²) in [6, 6.07) is 9.26. The molecule has 3 nitrogen and oxygen atoms in total. The molecule has 0 atom stereocenters. The molecule has 4 heteroatoms. The van der Waals surface area contributed by atoms with Crippen LogP contribution in [-0.4, -0.2) is 9.78 Å². The summed E-state index contributed by atoms with van der Waals surface area (Å²) >= 11 is 6.12. The van der Waals surface area contributed by atoms with Gasteiger partial charge in [0.05, 0.1) is 5.69 Å². The first-order valence-corrected chi connectivity index (χ1v) is 5.54. The van der Waals surface area contributed by atoms with Gasteiger partial charge in [-0.1, -0.05) is 29.8 Å². The Bertz CT molecular complexity index is 554. The van der Waals surface area contributed by atoms with Gasteiger partial charge in [-0.15, -0.1) is 0 Å². The fourth-order valence-corrected chi connectivity index (χ4v) is 1.92. The zero-order valence-corrected chi connectivity index (χ0v) is 9.95. The number of nitrogens with zero attached hydrogens (tertiary/aromatic N) is 1. The van der Waals surface area contributed by atoms with Crippen molar-refractivity contribution in [3.63, 3.8) is 0 Å². The van der Waals surface area contributed by atoms with Gasteiger partial charge in [0.25, 0.3) is 5.56 Å². The van der Waals surface area contributed by atoms with Gasteiger partial charge in [-0.05, 0) is 19.9 Å². The van der Waals surface area contributed by atoms with E-state index in [4.69, 9.17) is 11.6 Å². The maximum Gasteiger partial charge on any atom is 0.264 e. The van der Waals surface area contributed by atoms with Gasteiger partial charge < -0.3 is 0 Å². The zero-order chi connectivity index (χ0) is 11.7. The van der Waals surface area contributed by atoms with Gasteiger partial charge in [0.15, 0.2) is 0 Å². The minimum atomic E-state index is -0.108. The van der Waals surface area contributed by atoms with Gasteiger partial charge in [-0.3, -0.25) is 14.6 Å². The Labute approximate surface area is 98.7 Å². The lowest BCUT2D eigenvalue weighted by Crippen LogP contribution is -2.08. The van der Waals surface area contributed by atoms with Crippen LogP contribution in [0.15, 0.2) is 35.1 Å². The Morgan fingerprint density at radius 2 is 2.00 bits per heavy atom. The Balaban J connectivity index is 2.64. The highest BCUT2D eigenvalue weighted by atomic mass is 35.5. The summed E-state index contributed by atoms with van der Waals surface area (Å²) in [4.78, 5) is 11.4. The molecule has 1 N–H and O–H groups in total. The maximum atomic E-state index is 11.4. The maximum absolute atomic E-state index is 11.4. The van der Waals surface area contributed by atoms with E-state index in [9.17, 15) is 4.79 Å². The molecule has 0 aliphatic heterocycles. The van der Waals surface area contributed by atoms with Crippen molar-refractivity contribution in [2.45, 2.75) is 19.9 Å². The highest BCUT2D eigenvalue weighted by Gasteiger charge is 2.11. The average Bonchev–Trinajstić information content (AvgIpc) is 2.61. The largest absolute Gasteiger partial charge is 0.282 e. The molecule has 2 rings (SSSR count). The molecule has 0 spiro atoms. The Hall–Kier alpha value is -1.48. The Morgan fingerprint density at radius 3 is 2.62 bits per heavy atom. The van der Waals surface area contributed by atoms with E-state index in [0.29, 0.717) is 5.02 Å². The first-order chi connectivity index (χ1) is 7.59. The normalized spacial score (nSPS) is 11.0. The summed E-state index contributed by atoms with van der Waals surface area (Å²) in [5, 5.41) is 3.42. The minimum absolute atomic E-state index is 0.108. The Kier molecular flexibility index (Phi) is 2.88. The molecule has 0 amide bonds. The summed E-state index contributed by atoms with van der Waals surface area (Å²) < 4.78 is 1.82. The van der Waals surface area contributed by atoms with Crippen LogP contribution in [0.5, 0.6) is 0 Å². The second-order valence-electron chi connectivity index (χ2n) is 3.95. The SMILES string of the molecule is CC(C)n1[nH]c(=O)cc1-c1ccccc1Cl. The van der Waals surface area contributed by atoms with Crippen LogP contribution in [0.25, 0.3) is 11.3 Å². The highest BCUT2D eigenvalue weighted by Crippen LogP contribution is 2.27. The van der Waals surface area contributed by atoms with Crippen molar-refractivity contribution in [3.05, 3.63) is 45.7 Å². The van der Waals surface area contributed by atoms with E-state index in [1.165, 1.54) is 0 Å². The first kappa shape index (κ1) is 11.0. The van der Waals surface area contributed by atoms with Gasteiger partial charge in [0, 0.05) is 22.7 Å². The van der Waals surface area contributed by atoms with Crippen molar-refractivity contribution in [2.75, 3.05) is 0 Å². The van der Waals surface area contributed by atoms with Crippen LogP contribution < -0.4 is 5.56 Å². The van der Waals surface area contributed by atoms with Gasteiger partial charge in [-0.2, -0.15) is 0 Å². The predicted octanol–water partition coefficient (Wildman–Crippen LogP) is 3.08. The summed E-state index contributed by atoms with van der Waals surface area (Å²) in [5.74, 6) is 0. The quantitative estimate of drug-likeness (QED) is 0.855. The second kappa shape index (κ2) is 4.18. The number of H-pyrrole nitrogens is 1. The molecule has 0 fully saturated rings. The van der Waals surface area contributed by atoms with E-state index in [2.05, 4.69) is 5.10 Å². The number of nitrogens with one attached hydrogen (secondary N) is 1. The van der Waals surface area contributed by atoms with Gasteiger partial charge >= 0.3 is 0 Å². The molecule has 1 heterocycles. The van der Waals surface area contributed by atoms with Crippen LogP contribution >= 0.6 is 11.6 Å². The third-order valence-corrected chi connectivity index (χ3v) is 2.75. The van der Waals surface area contributed by atoms with E-state index in [0.717, 1.165) is 11.3 Å². The lowest BCUT2D eigenvalue weighted by Gasteiger charge is -2.12. The number of aromatic nitrogens is 2. The molecule has 1 aromatic carbocycles. The summed E-state index contributed by atoms with van der Waals surface area (Å²) in [7, 11) is 0. The van der Waals surface area contributed by atoms with Gasteiger partial charge in [0.1, 0.15) is 0 Å². The third kappa shape index (κ3) is 1.91. The number of rotatable bonds is 2. The fourth-order valence-electron chi connectivity index (χ4n) is 1.69. The van der Waals surface area contributed by atoms with Gasteiger partial charge in [0.2, 0.25) is 0 Å². The van der Waals surface area contributed by atoms with E-state index in [-0.39, 0.29) is 11.6 Å². The number of hydrogen-bond donors (Lipinski definition) is 1. The van der Waals surface area contributed by atoms with Crippen molar-refractivity contribution in [3.8, 4) is 11.3 Å². The molecule has 0 radical (unpaired) electrons. The number of aromatic amines is 1. The van der Waals surface area contributed by atoms with E-state index in [1.807, 2.05) is 42.8 Å². The molecular formula is C12H13ClN2O. The molecule has 0 unspecified atom stereocenters. The van der Waals surface area contributed by atoms with Crippen LogP contribution in [-0.2, 0) is 0 Å². The van der Waals surface area contributed by atoms with Crippen LogP contribution in [0.2, 0.25) is 5.02 Å². The van der Waals surface area contributed by atoms with Crippen molar-refractivity contribution < 1.29 is 0 Å². The van der Waals surface area contributed by atoms with Crippen LogP contribution in [0.1, 0.15) is 19.9 Å². The molecule has 0 saturated heterocycles. The average molecular weight is 237 g/mol. The predicted molar refractivity (Wildman–Crippen MR) is 65.9 cm³/mol. The van der Waals surface area contributed by atoms with Crippen LogP contribution in [0.4, 0.5) is 0 Å².